The maximum atomic E-state index is 12.3. The number of benzene rings is 2. The first kappa shape index (κ1) is 10.2. The molecule has 1 unspecified atom stereocenters. The molecule has 0 radical (unpaired) electrons. The molecule has 2 aromatic rings. The Morgan fingerprint density at radius 3 is 2.53 bits per heavy atom. The van der Waals surface area contributed by atoms with Gasteiger partial charge in [-0.05, 0) is 18.1 Å². The first-order chi connectivity index (χ1) is 8.18. The molecular weight excluding hydrogens is 210 g/mol. The third-order valence-electron chi connectivity index (χ3n) is 3.33. The quantitative estimate of drug-likeness (QED) is 0.746. The highest BCUT2D eigenvalue weighted by Crippen LogP contribution is 2.33. The van der Waals surface area contributed by atoms with Crippen LogP contribution in [0, 0.1) is 6.92 Å². The molecule has 1 aliphatic carbocycles. The van der Waals surface area contributed by atoms with E-state index in [1.54, 1.807) is 0 Å². The zero-order valence-corrected chi connectivity index (χ0v) is 9.60. The molecule has 84 valence electrons. The standard InChI is InChI=1S/C15H13NO/c1-9-6-7-12-13(8-9)14(16)10-4-2-3-5-11(10)15(12)17/h2-8,14H,16H2,1H3. The molecule has 0 saturated carbocycles. The van der Waals surface area contributed by atoms with Crippen molar-refractivity contribution in [1.82, 2.24) is 0 Å². The van der Waals surface area contributed by atoms with E-state index in [2.05, 4.69) is 0 Å². The predicted molar refractivity (Wildman–Crippen MR) is 67.1 cm³/mol. The summed E-state index contributed by atoms with van der Waals surface area (Å²) in [6.07, 6.45) is 0. The maximum Gasteiger partial charge on any atom is 0.193 e. The molecule has 2 N–H and O–H groups in total. The molecule has 0 spiro atoms. The summed E-state index contributed by atoms with van der Waals surface area (Å²) in [5.41, 5.74) is 10.7. The minimum absolute atomic E-state index is 0.0808. The van der Waals surface area contributed by atoms with E-state index in [1.807, 2.05) is 49.4 Å². The Kier molecular flexibility index (Phi) is 2.13. The highest BCUT2D eigenvalue weighted by molar-refractivity contribution is 6.12. The number of aryl methyl sites for hydroxylation is 1. The molecule has 0 aliphatic heterocycles. The fourth-order valence-electron chi connectivity index (χ4n) is 2.43. The van der Waals surface area contributed by atoms with Gasteiger partial charge in [0.25, 0.3) is 0 Å². The van der Waals surface area contributed by atoms with E-state index in [9.17, 15) is 4.79 Å². The Morgan fingerprint density at radius 2 is 1.71 bits per heavy atom. The van der Waals surface area contributed by atoms with Crippen molar-refractivity contribution >= 4 is 5.78 Å². The van der Waals surface area contributed by atoms with Gasteiger partial charge in [0.1, 0.15) is 0 Å². The van der Waals surface area contributed by atoms with Crippen LogP contribution < -0.4 is 5.73 Å². The second kappa shape index (κ2) is 3.54. The highest BCUT2D eigenvalue weighted by Gasteiger charge is 2.28. The van der Waals surface area contributed by atoms with Gasteiger partial charge >= 0.3 is 0 Å². The number of ketones is 1. The minimum atomic E-state index is -0.196. The number of nitrogens with two attached hydrogens (primary N) is 1. The SMILES string of the molecule is Cc1ccc2c(c1)C(N)c1ccccc1C2=O. The van der Waals surface area contributed by atoms with E-state index in [1.165, 1.54) is 0 Å². The van der Waals surface area contributed by atoms with E-state index in [0.717, 1.165) is 27.8 Å². The molecule has 2 aromatic carbocycles. The minimum Gasteiger partial charge on any atom is -0.320 e. The van der Waals surface area contributed by atoms with Gasteiger partial charge in [0, 0.05) is 11.1 Å². The lowest BCUT2D eigenvalue weighted by Crippen LogP contribution is -2.24. The number of rotatable bonds is 0. The van der Waals surface area contributed by atoms with Crippen LogP contribution in [-0.4, -0.2) is 5.78 Å². The molecule has 0 amide bonds. The van der Waals surface area contributed by atoms with Gasteiger partial charge in [0.15, 0.2) is 5.78 Å². The van der Waals surface area contributed by atoms with Crippen LogP contribution in [0.1, 0.15) is 38.7 Å². The fourth-order valence-corrected chi connectivity index (χ4v) is 2.43. The van der Waals surface area contributed by atoms with Crippen molar-refractivity contribution in [3.8, 4) is 0 Å². The van der Waals surface area contributed by atoms with Crippen LogP contribution in [0.25, 0.3) is 0 Å². The topological polar surface area (TPSA) is 43.1 Å². The summed E-state index contributed by atoms with van der Waals surface area (Å²) < 4.78 is 0. The molecule has 0 heterocycles. The van der Waals surface area contributed by atoms with Crippen LogP contribution in [0.5, 0.6) is 0 Å². The normalized spacial score (nSPS) is 17.5. The molecule has 0 bridgehead atoms. The molecule has 0 aromatic heterocycles. The number of fused-ring (bicyclic) bond motifs is 2. The van der Waals surface area contributed by atoms with E-state index in [0.29, 0.717) is 0 Å². The van der Waals surface area contributed by atoms with Crippen LogP contribution in [0.4, 0.5) is 0 Å². The van der Waals surface area contributed by atoms with Crippen molar-refractivity contribution in [1.29, 1.82) is 0 Å². The van der Waals surface area contributed by atoms with Crippen molar-refractivity contribution in [2.75, 3.05) is 0 Å². The van der Waals surface area contributed by atoms with E-state index in [4.69, 9.17) is 5.73 Å². The molecule has 3 rings (SSSR count). The zero-order chi connectivity index (χ0) is 12.0. The molecule has 2 nitrogen and oxygen atoms in total. The second-order valence-electron chi connectivity index (χ2n) is 4.48. The van der Waals surface area contributed by atoms with Gasteiger partial charge in [-0.2, -0.15) is 0 Å². The monoisotopic (exact) mass is 223 g/mol. The van der Waals surface area contributed by atoms with Gasteiger partial charge in [-0.15, -0.1) is 0 Å². The van der Waals surface area contributed by atoms with Crippen molar-refractivity contribution < 1.29 is 4.79 Å². The lowest BCUT2D eigenvalue weighted by molar-refractivity contribution is 0.103. The third-order valence-corrected chi connectivity index (χ3v) is 3.33. The molecule has 1 atom stereocenters. The van der Waals surface area contributed by atoms with Crippen LogP contribution in [0.15, 0.2) is 42.5 Å². The van der Waals surface area contributed by atoms with Crippen molar-refractivity contribution in [3.05, 3.63) is 70.3 Å². The first-order valence-electron chi connectivity index (χ1n) is 5.68. The number of carbonyl (C=O) groups excluding carboxylic acids is 1. The smallest absolute Gasteiger partial charge is 0.193 e. The molecule has 2 heteroatoms. The highest BCUT2D eigenvalue weighted by atomic mass is 16.1. The number of carbonyl (C=O) groups is 1. The largest absolute Gasteiger partial charge is 0.320 e. The average molecular weight is 223 g/mol. The summed E-state index contributed by atoms with van der Waals surface area (Å²) >= 11 is 0. The summed E-state index contributed by atoms with van der Waals surface area (Å²) in [5.74, 6) is 0.0808. The second-order valence-corrected chi connectivity index (χ2v) is 4.48. The van der Waals surface area contributed by atoms with Crippen LogP contribution in [0.2, 0.25) is 0 Å². The van der Waals surface area contributed by atoms with Crippen LogP contribution in [-0.2, 0) is 0 Å². The van der Waals surface area contributed by atoms with Gasteiger partial charge in [0.2, 0.25) is 0 Å². The maximum absolute atomic E-state index is 12.3. The number of hydrogen-bond donors (Lipinski definition) is 1. The summed E-state index contributed by atoms with van der Waals surface area (Å²) in [4.78, 5) is 12.3. The van der Waals surface area contributed by atoms with Gasteiger partial charge in [0.05, 0.1) is 6.04 Å². The molecule has 1 aliphatic rings. The molecular formula is C15H13NO. The zero-order valence-electron chi connectivity index (χ0n) is 9.60. The average Bonchev–Trinajstić information content (AvgIpc) is 2.36. The third kappa shape index (κ3) is 1.41. The van der Waals surface area contributed by atoms with Crippen LogP contribution >= 0.6 is 0 Å². The summed E-state index contributed by atoms with van der Waals surface area (Å²) in [7, 11) is 0. The van der Waals surface area contributed by atoms with E-state index >= 15 is 0 Å². The Hall–Kier alpha value is -1.93. The van der Waals surface area contributed by atoms with Gasteiger partial charge in [-0.25, -0.2) is 0 Å². The van der Waals surface area contributed by atoms with Gasteiger partial charge in [-0.3, -0.25) is 4.79 Å². The summed E-state index contributed by atoms with van der Waals surface area (Å²) in [6, 6.07) is 13.2. The summed E-state index contributed by atoms with van der Waals surface area (Å²) in [5, 5.41) is 0. The Balaban J connectivity index is 2.29. The summed E-state index contributed by atoms with van der Waals surface area (Å²) in [6.45, 7) is 2.01. The van der Waals surface area contributed by atoms with E-state index in [-0.39, 0.29) is 11.8 Å². The Morgan fingerprint density at radius 1 is 1.00 bits per heavy atom. The van der Waals surface area contributed by atoms with Crippen molar-refractivity contribution in [3.63, 3.8) is 0 Å². The molecule has 0 saturated heterocycles. The van der Waals surface area contributed by atoms with Gasteiger partial charge < -0.3 is 5.73 Å². The van der Waals surface area contributed by atoms with Crippen molar-refractivity contribution in [2.24, 2.45) is 5.73 Å². The fraction of sp³-hybridized carbons (Fsp3) is 0.133. The Bertz CT molecular complexity index is 616. The predicted octanol–water partition coefficient (Wildman–Crippen LogP) is 2.59. The Labute approximate surface area is 100 Å². The molecule has 17 heavy (non-hydrogen) atoms. The number of hydrogen-bond acceptors (Lipinski definition) is 2. The molecule has 0 fully saturated rings. The lowest BCUT2D eigenvalue weighted by atomic mass is 9.81. The van der Waals surface area contributed by atoms with Gasteiger partial charge in [-0.1, -0.05) is 48.0 Å². The van der Waals surface area contributed by atoms with E-state index < -0.39 is 0 Å². The van der Waals surface area contributed by atoms with Crippen molar-refractivity contribution in [2.45, 2.75) is 13.0 Å². The lowest BCUT2D eigenvalue weighted by Gasteiger charge is -2.24. The first-order valence-corrected chi connectivity index (χ1v) is 5.68. The van der Waals surface area contributed by atoms with Crippen LogP contribution in [0.3, 0.4) is 0 Å².